The first-order valence-corrected chi connectivity index (χ1v) is 6.78. The highest BCUT2D eigenvalue weighted by molar-refractivity contribution is 6.09. The van der Waals surface area contributed by atoms with Gasteiger partial charge < -0.3 is 14.2 Å². The van der Waals surface area contributed by atoms with Crippen LogP contribution in [-0.4, -0.2) is 26.1 Å². The zero-order valence-corrected chi connectivity index (χ0v) is 12.0. The van der Waals surface area contributed by atoms with Gasteiger partial charge in [0.2, 0.25) is 0 Å². The summed E-state index contributed by atoms with van der Waals surface area (Å²) in [6, 6.07) is 10.7. The van der Waals surface area contributed by atoms with E-state index in [2.05, 4.69) is 0 Å². The maximum Gasteiger partial charge on any atom is 0.193 e. The fourth-order valence-electron chi connectivity index (χ4n) is 2.31. The minimum absolute atomic E-state index is 0.0646. The second-order valence-corrected chi connectivity index (χ2v) is 4.87. The summed E-state index contributed by atoms with van der Waals surface area (Å²) in [6.07, 6.45) is 0. The average molecular weight is 284 g/mol. The quantitative estimate of drug-likeness (QED) is 0.813. The van der Waals surface area contributed by atoms with Crippen LogP contribution >= 0.6 is 0 Å². The number of carbonyl (C=O) groups excluding carboxylic acids is 1. The molecule has 108 valence electrons. The van der Waals surface area contributed by atoms with Gasteiger partial charge in [-0.15, -0.1) is 0 Å². The summed E-state index contributed by atoms with van der Waals surface area (Å²) < 4.78 is 16.2. The van der Waals surface area contributed by atoms with Crippen molar-refractivity contribution in [3.8, 4) is 17.2 Å². The molecule has 0 N–H and O–H groups in total. The van der Waals surface area contributed by atoms with Crippen LogP contribution < -0.4 is 14.2 Å². The maximum atomic E-state index is 12.6. The zero-order chi connectivity index (χ0) is 14.8. The number of ketones is 1. The van der Waals surface area contributed by atoms with E-state index in [0.717, 1.165) is 5.56 Å². The number of hydrogen-bond acceptors (Lipinski definition) is 4. The van der Waals surface area contributed by atoms with Crippen molar-refractivity contribution in [3.05, 3.63) is 53.1 Å². The number of rotatable bonds is 3. The molecule has 4 heteroatoms. The zero-order valence-electron chi connectivity index (χ0n) is 12.0. The first-order valence-electron chi connectivity index (χ1n) is 6.78. The Morgan fingerprint density at radius 2 is 1.67 bits per heavy atom. The monoisotopic (exact) mass is 284 g/mol. The van der Waals surface area contributed by atoms with Crippen LogP contribution in [0.3, 0.4) is 0 Å². The first-order chi connectivity index (χ1) is 10.2. The molecular formula is C17H16O4. The maximum absolute atomic E-state index is 12.6. The van der Waals surface area contributed by atoms with E-state index in [9.17, 15) is 4.79 Å². The number of fused-ring (bicyclic) bond motifs is 1. The highest BCUT2D eigenvalue weighted by atomic mass is 16.6. The van der Waals surface area contributed by atoms with Gasteiger partial charge in [-0.25, -0.2) is 0 Å². The Bertz CT molecular complexity index is 691. The molecule has 2 aromatic rings. The van der Waals surface area contributed by atoms with Crippen molar-refractivity contribution >= 4 is 5.78 Å². The summed E-state index contributed by atoms with van der Waals surface area (Å²) in [5.74, 6) is 1.94. The lowest BCUT2D eigenvalue weighted by molar-refractivity contribution is 0.103. The molecule has 0 bridgehead atoms. The third-order valence-electron chi connectivity index (χ3n) is 3.47. The molecule has 4 nitrogen and oxygen atoms in total. The average Bonchev–Trinajstić information content (AvgIpc) is 2.54. The largest absolute Gasteiger partial charge is 0.496 e. The Labute approximate surface area is 123 Å². The minimum Gasteiger partial charge on any atom is -0.496 e. The van der Waals surface area contributed by atoms with Crippen molar-refractivity contribution in [2.45, 2.75) is 6.92 Å². The van der Waals surface area contributed by atoms with Gasteiger partial charge in [0, 0.05) is 11.1 Å². The van der Waals surface area contributed by atoms with E-state index in [1.807, 2.05) is 13.0 Å². The van der Waals surface area contributed by atoms with Crippen molar-refractivity contribution in [1.29, 1.82) is 0 Å². The van der Waals surface area contributed by atoms with Gasteiger partial charge in [-0.05, 0) is 36.8 Å². The molecule has 0 aromatic heterocycles. The van der Waals surface area contributed by atoms with Gasteiger partial charge in [-0.3, -0.25) is 4.79 Å². The molecule has 0 fully saturated rings. The molecule has 2 aromatic carbocycles. The normalized spacial score (nSPS) is 12.9. The molecule has 1 aliphatic rings. The number of hydrogen-bond donors (Lipinski definition) is 0. The summed E-state index contributed by atoms with van der Waals surface area (Å²) >= 11 is 0. The highest BCUT2D eigenvalue weighted by Crippen LogP contribution is 2.31. The summed E-state index contributed by atoms with van der Waals surface area (Å²) in [4.78, 5) is 12.6. The summed E-state index contributed by atoms with van der Waals surface area (Å²) in [7, 11) is 1.60. The van der Waals surface area contributed by atoms with Crippen LogP contribution in [-0.2, 0) is 0 Å². The van der Waals surface area contributed by atoms with Crippen LogP contribution in [0.1, 0.15) is 21.5 Å². The van der Waals surface area contributed by atoms with E-state index in [1.54, 1.807) is 37.4 Å². The van der Waals surface area contributed by atoms with Crippen molar-refractivity contribution < 1.29 is 19.0 Å². The Morgan fingerprint density at radius 1 is 1.00 bits per heavy atom. The lowest BCUT2D eigenvalue weighted by Crippen LogP contribution is -2.15. The first kappa shape index (κ1) is 13.5. The van der Waals surface area contributed by atoms with Crippen LogP contribution in [0.5, 0.6) is 17.2 Å². The number of aryl methyl sites for hydroxylation is 1. The highest BCUT2D eigenvalue weighted by Gasteiger charge is 2.16. The van der Waals surface area contributed by atoms with E-state index in [4.69, 9.17) is 14.2 Å². The van der Waals surface area contributed by atoms with Crippen LogP contribution in [0.25, 0.3) is 0 Å². The summed E-state index contributed by atoms with van der Waals surface area (Å²) in [5.41, 5.74) is 2.16. The third-order valence-corrected chi connectivity index (χ3v) is 3.47. The van der Waals surface area contributed by atoms with Crippen molar-refractivity contribution in [2.24, 2.45) is 0 Å². The molecule has 0 saturated heterocycles. The van der Waals surface area contributed by atoms with Gasteiger partial charge in [0.1, 0.15) is 19.0 Å². The molecular weight excluding hydrogens is 268 g/mol. The second kappa shape index (κ2) is 5.48. The molecule has 21 heavy (non-hydrogen) atoms. The van der Waals surface area contributed by atoms with Crippen LogP contribution in [0, 0.1) is 6.92 Å². The molecule has 1 aliphatic heterocycles. The summed E-state index contributed by atoms with van der Waals surface area (Å²) in [5, 5.41) is 0. The predicted molar refractivity (Wildman–Crippen MR) is 78.6 cm³/mol. The number of carbonyl (C=O) groups is 1. The fraction of sp³-hybridized carbons (Fsp3) is 0.235. The lowest BCUT2D eigenvalue weighted by atomic mass is 10.0. The Kier molecular flexibility index (Phi) is 3.52. The second-order valence-electron chi connectivity index (χ2n) is 4.87. The SMILES string of the molecule is COc1cc(C(=O)c2ccc3c(c2)OCCO3)ccc1C. The van der Waals surface area contributed by atoms with Crippen LogP contribution in [0.2, 0.25) is 0 Å². The molecule has 0 aliphatic carbocycles. The van der Waals surface area contributed by atoms with Gasteiger partial charge in [0.15, 0.2) is 17.3 Å². The van der Waals surface area contributed by atoms with E-state index >= 15 is 0 Å². The van der Waals surface area contributed by atoms with Crippen molar-refractivity contribution in [3.63, 3.8) is 0 Å². The lowest BCUT2D eigenvalue weighted by Gasteiger charge is -2.18. The molecule has 0 saturated carbocycles. The molecule has 0 radical (unpaired) electrons. The molecule has 3 rings (SSSR count). The molecule has 0 atom stereocenters. The molecule has 1 heterocycles. The smallest absolute Gasteiger partial charge is 0.193 e. The fourth-order valence-corrected chi connectivity index (χ4v) is 2.31. The number of ether oxygens (including phenoxy) is 3. The van der Waals surface area contributed by atoms with E-state index in [0.29, 0.717) is 41.6 Å². The predicted octanol–water partition coefficient (Wildman–Crippen LogP) is 3.01. The Morgan fingerprint density at radius 3 is 2.43 bits per heavy atom. The Hall–Kier alpha value is -2.49. The van der Waals surface area contributed by atoms with E-state index in [1.165, 1.54) is 0 Å². The van der Waals surface area contributed by atoms with Gasteiger partial charge in [0.05, 0.1) is 7.11 Å². The van der Waals surface area contributed by atoms with Gasteiger partial charge >= 0.3 is 0 Å². The summed E-state index contributed by atoms with van der Waals surface area (Å²) in [6.45, 7) is 2.98. The number of methoxy groups -OCH3 is 1. The van der Waals surface area contributed by atoms with Crippen LogP contribution in [0.15, 0.2) is 36.4 Å². The third kappa shape index (κ3) is 2.57. The molecule has 0 spiro atoms. The van der Waals surface area contributed by atoms with E-state index < -0.39 is 0 Å². The van der Waals surface area contributed by atoms with Gasteiger partial charge in [0.25, 0.3) is 0 Å². The standard InChI is InChI=1S/C17H16O4/c1-11-3-4-12(9-15(11)19-2)17(18)13-5-6-14-16(10-13)21-8-7-20-14/h3-6,9-10H,7-8H2,1-2H3. The van der Waals surface area contributed by atoms with Crippen molar-refractivity contribution in [1.82, 2.24) is 0 Å². The molecule has 0 amide bonds. The van der Waals surface area contributed by atoms with Crippen LogP contribution in [0.4, 0.5) is 0 Å². The van der Waals surface area contributed by atoms with Gasteiger partial charge in [-0.1, -0.05) is 12.1 Å². The minimum atomic E-state index is -0.0646. The van der Waals surface area contributed by atoms with Gasteiger partial charge in [-0.2, -0.15) is 0 Å². The van der Waals surface area contributed by atoms with Crippen molar-refractivity contribution in [2.75, 3.05) is 20.3 Å². The Balaban J connectivity index is 1.95. The molecule has 0 unspecified atom stereocenters. The van der Waals surface area contributed by atoms with E-state index in [-0.39, 0.29) is 5.78 Å². The topological polar surface area (TPSA) is 44.8 Å². The number of benzene rings is 2.